The van der Waals surface area contributed by atoms with Crippen LogP contribution in [0.2, 0.25) is 0 Å². The number of hydrogen-bond acceptors (Lipinski definition) is 4. The van der Waals surface area contributed by atoms with Crippen LogP contribution in [0.3, 0.4) is 0 Å². The Hall–Kier alpha value is -3.66. The van der Waals surface area contributed by atoms with Crippen LogP contribution >= 0.6 is 0 Å². The van der Waals surface area contributed by atoms with Crippen molar-refractivity contribution in [2.24, 2.45) is 0 Å². The zero-order valence-electron chi connectivity index (χ0n) is 14.8. The van der Waals surface area contributed by atoms with E-state index in [2.05, 4.69) is 0 Å². The summed E-state index contributed by atoms with van der Waals surface area (Å²) in [5, 5.41) is 0.760. The zero-order valence-corrected chi connectivity index (χ0v) is 14.8. The van der Waals surface area contributed by atoms with Gasteiger partial charge in [0.25, 0.3) is 0 Å². The Morgan fingerprint density at radius 1 is 0.815 bits per heavy atom. The predicted molar refractivity (Wildman–Crippen MR) is 105 cm³/mol. The van der Waals surface area contributed by atoms with E-state index in [1.807, 2.05) is 54.6 Å². The number of esters is 1. The molecule has 0 fully saturated rings. The number of carbonyl (C=O) groups is 1. The summed E-state index contributed by atoms with van der Waals surface area (Å²) >= 11 is 0. The molecule has 27 heavy (non-hydrogen) atoms. The van der Waals surface area contributed by atoms with E-state index < -0.39 is 5.97 Å². The molecule has 0 bridgehead atoms. The molecule has 0 unspecified atom stereocenters. The van der Waals surface area contributed by atoms with Crippen LogP contribution in [0.25, 0.3) is 22.2 Å². The van der Waals surface area contributed by atoms with Crippen molar-refractivity contribution >= 4 is 16.9 Å². The second-order valence-electron chi connectivity index (χ2n) is 6.00. The van der Waals surface area contributed by atoms with Crippen LogP contribution in [-0.2, 0) is 0 Å². The summed E-state index contributed by atoms with van der Waals surface area (Å²) < 4.78 is 10.7. The minimum atomic E-state index is -0.420. The number of benzene rings is 3. The van der Waals surface area contributed by atoms with Crippen molar-refractivity contribution < 1.29 is 14.3 Å². The third kappa shape index (κ3) is 3.51. The van der Waals surface area contributed by atoms with Gasteiger partial charge in [-0.3, -0.25) is 0 Å². The molecule has 0 aliphatic heterocycles. The SMILES string of the molecule is COc1ccc(OC(=O)c2cc(-c3ccccc3)nc3ccccc23)cc1. The third-order valence-electron chi connectivity index (χ3n) is 4.28. The Morgan fingerprint density at radius 3 is 2.22 bits per heavy atom. The molecule has 0 aliphatic rings. The highest BCUT2D eigenvalue weighted by Gasteiger charge is 2.16. The number of nitrogens with zero attached hydrogens (tertiary/aromatic N) is 1. The highest BCUT2D eigenvalue weighted by atomic mass is 16.5. The first-order valence-corrected chi connectivity index (χ1v) is 8.56. The number of rotatable bonds is 4. The molecule has 4 heteroatoms. The van der Waals surface area contributed by atoms with Crippen molar-refractivity contribution in [2.75, 3.05) is 7.11 Å². The smallest absolute Gasteiger partial charge is 0.344 e. The molecule has 4 rings (SSSR count). The van der Waals surface area contributed by atoms with Crippen LogP contribution in [0, 0.1) is 0 Å². The van der Waals surface area contributed by atoms with Crippen molar-refractivity contribution in [1.82, 2.24) is 4.98 Å². The third-order valence-corrected chi connectivity index (χ3v) is 4.28. The number of fused-ring (bicyclic) bond motifs is 1. The Labute approximate surface area is 157 Å². The number of methoxy groups -OCH3 is 1. The maximum absolute atomic E-state index is 12.9. The average molecular weight is 355 g/mol. The topological polar surface area (TPSA) is 48.4 Å². The van der Waals surface area contributed by atoms with Crippen LogP contribution in [0.1, 0.15) is 10.4 Å². The number of para-hydroxylation sites is 1. The lowest BCUT2D eigenvalue weighted by Crippen LogP contribution is -2.10. The van der Waals surface area contributed by atoms with Gasteiger partial charge in [0.05, 0.1) is 23.9 Å². The second kappa shape index (κ2) is 7.30. The quantitative estimate of drug-likeness (QED) is 0.376. The summed E-state index contributed by atoms with van der Waals surface area (Å²) in [5.74, 6) is 0.745. The fraction of sp³-hybridized carbons (Fsp3) is 0.0435. The van der Waals surface area contributed by atoms with Gasteiger partial charge in [0.15, 0.2) is 0 Å². The molecule has 3 aromatic carbocycles. The molecule has 0 saturated carbocycles. The fourth-order valence-electron chi connectivity index (χ4n) is 2.91. The van der Waals surface area contributed by atoms with E-state index in [-0.39, 0.29) is 0 Å². The maximum Gasteiger partial charge on any atom is 0.344 e. The van der Waals surface area contributed by atoms with Gasteiger partial charge < -0.3 is 9.47 Å². The standard InChI is InChI=1S/C23H17NO3/c1-26-17-11-13-18(14-12-17)27-23(25)20-15-22(16-7-3-2-4-8-16)24-21-10-6-5-9-19(20)21/h2-15H,1H3. The fourth-order valence-corrected chi connectivity index (χ4v) is 2.91. The van der Waals surface area contributed by atoms with Gasteiger partial charge in [-0.15, -0.1) is 0 Å². The molecule has 4 nitrogen and oxygen atoms in total. The van der Waals surface area contributed by atoms with E-state index in [0.29, 0.717) is 17.1 Å². The maximum atomic E-state index is 12.9. The average Bonchev–Trinajstić information content (AvgIpc) is 2.74. The van der Waals surface area contributed by atoms with Crippen LogP contribution < -0.4 is 9.47 Å². The zero-order chi connectivity index (χ0) is 18.6. The van der Waals surface area contributed by atoms with Gasteiger partial charge in [0.2, 0.25) is 0 Å². The Kier molecular flexibility index (Phi) is 4.54. The number of carbonyl (C=O) groups excluding carboxylic acids is 1. The first-order valence-electron chi connectivity index (χ1n) is 8.56. The summed E-state index contributed by atoms with van der Waals surface area (Å²) in [4.78, 5) is 17.6. The number of hydrogen-bond donors (Lipinski definition) is 0. The van der Waals surface area contributed by atoms with E-state index in [0.717, 1.165) is 22.2 Å². The predicted octanol–water partition coefficient (Wildman–Crippen LogP) is 5.13. The largest absolute Gasteiger partial charge is 0.497 e. The van der Waals surface area contributed by atoms with Crippen LogP contribution in [0.4, 0.5) is 0 Å². The summed E-state index contributed by atoms with van der Waals surface area (Å²) in [5.41, 5.74) is 2.91. The van der Waals surface area contributed by atoms with E-state index >= 15 is 0 Å². The summed E-state index contributed by atoms with van der Waals surface area (Å²) in [6.07, 6.45) is 0. The van der Waals surface area contributed by atoms with Crippen molar-refractivity contribution in [1.29, 1.82) is 0 Å². The van der Waals surface area contributed by atoms with Gasteiger partial charge in [-0.2, -0.15) is 0 Å². The number of aromatic nitrogens is 1. The lowest BCUT2D eigenvalue weighted by atomic mass is 10.0. The highest BCUT2D eigenvalue weighted by molar-refractivity contribution is 6.05. The van der Waals surface area contributed by atoms with E-state index in [9.17, 15) is 4.79 Å². The Morgan fingerprint density at radius 2 is 1.48 bits per heavy atom. The van der Waals surface area contributed by atoms with Crippen LogP contribution in [-0.4, -0.2) is 18.1 Å². The molecule has 0 atom stereocenters. The first-order chi connectivity index (χ1) is 13.2. The Bertz CT molecular complexity index is 1090. The minimum absolute atomic E-state index is 0.420. The lowest BCUT2D eigenvalue weighted by Gasteiger charge is -2.10. The molecule has 0 amide bonds. The summed E-state index contributed by atoms with van der Waals surface area (Å²) in [6, 6.07) is 26.0. The monoisotopic (exact) mass is 355 g/mol. The summed E-state index contributed by atoms with van der Waals surface area (Å²) in [6.45, 7) is 0. The van der Waals surface area contributed by atoms with Crippen LogP contribution in [0.5, 0.6) is 11.5 Å². The Balaban J connectivity index is 1.75. The lowest BCUT2D eigenvalue weighted by molar-refractivity contribution is 0.0736. The molecule has 0 spiro atoms. The van der Waals surface area contributed by atoms with Gasteiger partial charge in [-0.05, 0) is 36.4 Å². The molecule has 1 heterocycles. The minimum Gasteiger partial charge on any atom is -0.497 e. The van der Waals surface area contributed by atoms with E-state index in [1.54, 1.807) is 37.4 Å². The van der Waals surface area contributed by atoms with Gasteiger partial charge in [-0.1, -0.05) is 48.5 Å². The van der Waals surface area contributed by atoms with Crippen molar-refractivity contribution in [3.05, 3.63) is 90.5 Å². The van der Waals surface area contributed by atoms with Crippen molar-refractivity contribution in [3.8, 4) is 22.8 Å². The second-order valence-corrected chi connectivity index (χ2v) is 6.00. The molecule has 4 aromatic rings. The van der Waals surface area contributed by atoms with Gasteiger partial charge in [0.1, 0.15) is 11.5 Å². The molecular formula is C23H17NO3. The summed E-state index contributed by atoms with van der Waals surface area (Å²) in [7, 11) is 1.59. The van der Waals surface area contributed by atoms with Crippen LogP contribution in [0.15, 0.2) is 84.9 Å². The molecule has 0 N–H and O–H groups in total. The van der Waals surface area contributed by atoms with E-state index in [4.69, 9.17) is 14.5 Å². The van der Waals surface area contributed by atoms with Gasteiger partial charge >= 0.3 is 5.97 Å². The van der Waals surface area contributed by atoms with Gasteiger partial charge in [-0.25, -0.2) is 9.78 Å². The van der Waals surface area contributed by atoms with Crippen molar-refractivity contribution in [2.45, 2.75) is 0 Å². The van der Waals surface area contributed by atoms with Gasteiger partial charge in [0, 0.05) is 10.9 Å². The molecule has 0 saturated heterocycles. The van der Waals surface area contributed by atoms with E-state index in [1.165, 1.54) is 0 Å². The number of ether oxygens (including phenoxy) is 2. The molecule has 0 radical (unpaired) electrons. The molecule has 1 aromatic heterocycles. The normalized spacial score (nSPS) is 10.6. The van der Waals surface area contributed by atoms with Crippen molar-refractivity contribution in [3.63, 3.8) is 0 Å². The molecule has 0 aliphatic carbocycles. The molecule has 132 valence electrons. The number of pyridine rings is 1. The first kappa shape index (κ1) is 16.8. The molecular weight excluding hydrogens is 338 g/mol. The highest BCUT2D eigenvalue weighted by Crippen LogP contribution is 2.26.